The topological polar surface area (TPSA) is 54.1 Å². The molecule has 0 amide bonds. The fourth-order valence-electron chi connectivity index (χ4n) is 3.27. The summed E-state index contributed by atoms with van der Waals surface area (Å²) in [5.74, 6) is 2.12. The molecule has 0 aromatic heterocycles. The van der Waals surface area contributed by atoms with Crippen LogP contribution < -0.4 is 5.73 Å². The van der Waals surface area contributed by atoms with E-state index in [0.717, 1.165) is 45.2 Å². The molecule has 2 heterocycles. The Morgan fingerprint density at radius 3 is 2.77 bits per heavy atom. The van der Waals surface area contributed by atoms with E-state index in [-0.39, 0.29) is 30.1 Å². The summed E-state index contributed by atoms with van der Waals surface area (Å²) in [7, 11) is 0. The van der Waals surface area contributed by atoms with Gasteiger partial charge in [0.2, 0.25) is 0 Å². The number of rotatable bonds is 4. The molecule has 0 bridgehead atoms. The van der Waals surface area contributed by atoms with E-state index < -0.39 is 0 Å². The van der Waals surface area contributed by atoms with Gasteiger partial charge >= 0.3 is 0 Å². The van der Waals surface area contributed by atoms with Crippen LogP contribution in [0.5, 0.6) is 0 Å². The first-order valence-electron chi connectivity index (χ1n) is 8.43. The number of aliphatic imine (C=N–C) groups is 1. The molecule has 0 saturated carbocycles. The van der Waals surface area contributed by atoms with Crippen LogP contribution in [-0.4, -0.2) is 67.7 Å². The van der Waals surface area contributed by atoms with Gasteiger partial charge in [0.05, 0.1) is 19.3 Å². The van der Waals surface area contributed by atoms with Crippen LogP contribution in [0.2, 0.25) is 0 Å². The maximum Gasteiger partial charge on any atom is 0.191 e. The number of nitrogens with zero attached hydrogens (tertiary/aromatic N) is 3. The van der Waals surface area contributed by atoms with Gasteiger partial charge in [0.25, 0.3) is 0 Å². The molecule has 2 unspecified atom stereocenters. The van der Waals surface area contributed by atoms with Gasteiger partial charge in [0.1, 0.15) is 0 Å². The number of likely N-dealkylation sites (tertiary alicyclic amines) is 1. The van der Waals surface area contributed by atoms with Crippen molar-refractivity contribution >= 4 is 29.9 Å². The second kappa shape index (κ2) is 9.93. The maximum absolute atomic E-state index is 6.15. The Labute approximate surface area is 152 Å². The van der Waals surface area contributed by atoms with E-state index in [1.54, 1.807) is 0 Å². The van der Waals surface area contributed by atoms with Gasteiger partial charge in [0, 0.05) is 32.7 Å². The molecular weight excluding hydrogens is 391 g/mol. The molecular formula is C16H33IN4O. The van der Waals surface area contributed by atoms with Crippen LogP contribution in [0.4, 0.5) is 0 Å². The minimum Gasteiger partial charge on any atom is -0.374 e. The number of guanidine groups is 1. The van der Waals surface area contributed by atoms with Crippen LogP contribution in [-0.2, 0) is 4.74 Å². The van der Waals surface area contributed by atoms with Crippen molar-refractivity contribution in [2.75, 3.05) is 45.9 Å². The monoisotopic (exact) mass is 424 g/mol. The minimum absolute atomic E-state index is 0. The highest BCUT2D eigenvalue weighted by Crippen LogP contribution is 2.15. The Hall–Kier alpha value is -0.0800. The zero-order valence-corrected chi connectivity index (χ0v) is 16.7. The second-order valence-corrected chi connectivity index (χ2v) is 7.04. The third-order valence-corrected chi connectivity index (χ3v) is 4.28. The molecule has 0 aliphatic carbocycles. The first-order valence-corrected chi connectivity index (χ1v) is 8.43. The molecule has 0 radical (unpaired) electrons. The second-order valence-electron chi connectivity index (χ2n) is 7.04. The Morgan fingerprint density at radius 2 is 2.09 bits per heavy atom. The fraction of sp³-hybridized carbons (Fsp3) is 0.938. The molecule has 0 aromatic rings. The standard InChI is InChI=1S/C16H32N4O.HI/c1-13(2)10-19-7-8-21-15(12-19)9-18-16(17)20-6-4-5-14(3)11-20;/h13-15H,4-12H2,1-3H3,(H2,17,18);1H. The number of hydrogen-bond acceptors (Lipinski definition) is 3. The molecule has 0 aromatic carbocycles. The van der Waals surface area contributed by atoms with E-state index in [1.165, 1.54) is 12.8 Å². The summed E-state index contributed by atoms with van der Waals surface area (Å²) in [6.45, 7) is 13.6. The predicted molar refractivity (Wildman–Crippen MR) is 103 cm³/mol. The number of ether oxygens (including phenoxy) is 1. The lowest BCUT2D eigenvalue weighted by molar-refractivity contribution is -0.0262. The largest absolute Gasteiger partial charge is 0.374 e. The Kier molecular flexibility index (Phi) is 9.01. The molecule has 6 heteroatoms. The number of nitrogens with two attached hydrogens (primary N) is 1. The highest BCUT2D eigenvalue weighted by molar-refractivity contribution is 14.0. The van der Waals surface area contributed by atoms with Crippen LogP contribution in [0.3, 0.4) is 0 Å². The lowest BCUT2D eigenvalue weighted by atomic mass is 10.0. The molecule has 2 aliphatic heterocycles. The number of morpholine rings is 1. The lowest BCUT2D eigenvalue weighted by Gasteiger charge is -2.34. The zero-order valence-electron chi connectivity index (χ0n) is 14.3. The fourth-order valence-corrected chi connectivity index (χ4v) is 3.27. The van der Waals surface area contributed by atoms with Crippen LogP contribution in [0.1, 0.15) is 33.6 Å². The predicted octanol–water partition coefficient (Wildman–Crippen LogP) is 2.01. The average molecular weight is 424 g/mol. The molecule has 2 atom stereocenters. The van der Waals surface area contributed by atoms with Crippen molar-refractivity contribution in [1.82, 2.24) is 9.80 Å². The molecule has 22 heavy (non-hydrogen) atoms. The molecule has 2 saturated heterocycles. The van der Waals surface area contributed by atoms with Crippen molar-refractivity contribution in [3.63, 3.8) is 0 Å². The summed E-state index contributed by atoms with van der Waals surface area (Å²) in [6, 6.07) is 0. The summed E-state index contributed by atoms with van der Waals surface area (Å²) in [5.41, 5.74) is 6.15. The van der Waals surface area contributed by atoms with Gasteiger partial charge < -0.3 is 15.4 Å². The molecule has 2 fully saturated rings. The third kappa shape index (κ3) is 6.58. The maximum atomic E-state index is 6.15. The highest BCUT2D eigenvalue weighted by Gasteiger charge is 2.22. The highest BCUT2D eigenvalue weighted by atomic mass is 127. The van der Waals surface area contributed by atoms with Crippen molar-refractivity contribution in [3.05, 3.63) is 0 Å². The number of piperidine rings is 1. The summed E-state index contributed by atoms with van der Waals surface area (Å²) >= 11 is 0. The molecule has 2 rings (SSSR count). The molecule has 2 N–H and O–H groups in total. The van der Waals surface area contributed by atoms with Crippen LogP contribution in [0.15, 0.2) is 4.99 Å². The van der Waals surface area contributed by atoms with Crippen LogP contribution >= 0.6 is 24.0 Å². The average Bonchev–Trinajstić information content (AvgIpc) is 2.44. The Bertz CT molecular complexity index is 351. The van der Waals surface area contributed by atoms with Crippen molar-refractivity contribution in [3.8, 4) is 0 Å². The number of halogens is 1. The van der Waals surface area contributed by atoms with Crippen molar-refractivity contribution in [2.24, 2.45) is 22.6 Å². The molecule has 2 aliphatic rings. The van der Waals surface area contributed by atoms with Gasteiger partial charge in [-0.15, -0.1) is 24.0 Å². The van der Waals surface area contributed by atoms with Crippen molar-refractivity contribution < 1.29 is 4.74 Å². The van der Waals surface area contributed by atoms with E-state index >= 15 is 0 Å². The van der Waals surface area contributed by atoms with Gasteiger partial charge in [-0.05, 0) is 24.7 Å². The van der Waals surface area contributed by atoms with E-state index in [1.807, 2.05) is 0 Å². The van der Waals surface area contributed by atoms with E-state index in [9.17, 15) is 0 Å². The van der Waals surface area contributed by atoms with Gasteiger partial charge in [-0.3, -0.25) is 9.89 Å². The van der Waals surface area contributed by atoms with Gasteiger partial charge in [0.15, 0.2) is 5.96 Å². The molecule has 5 nitrogen and oxygen atoms in total. The minimum atomic E-state index is 0. The normalized spacial score (nSPS) is 27.8. The lowest BCUT2D eigenvalue weighted by Crippen LogP contribution is -2.46. The van der Waals surface area contributed by atoms with Crippen molar-refractivity contribution in [1.29, 1.82) is 0 Å². The van der Waals surface area contributed by atoms with E-state index in [2.05, 4.69) is 35.6 Å². The quantitative estimate of drug-likeness (QED) is 0.426. The number of hydrogen-bond donors (Lipinski definition) is 1. The van der Waals surface area contributed by atoms with E-state index in [4.69, 9.17) is 10.5 Å². The SMILES string of the molecule is CC(C)CN1CCOC(CN=C(N)N2CCCC(C)C2)C1.I. The zero-order chi connectivity index (χ0) is 15.2. The Balaban J connectivity index is 0.00000242. The molecule has 0 spiro atoms. The van der Waals surface area contributed by atoms with Gasteiger partial charge in [-0.2, -0.15) is 0 Å². The van der Waals surface area contributed by atoms with Crippen LogP contribution in [0, 0.1) is 11.8 Å². The summed E-state index contributed by atoms with van der Waals surface area (Å²) in [4.78, 5) is 9.29. The summed E-state index contributed by atoms with van der Waals surface area (Å²) < 4.78 is 5.83. The van der Waals surface area contributed by atoms with E-state index in [0.29, 0.717) is 18.4 Å². The summed E-state index contributed by atoms with van der Waals surface area (Å²) in [5, 5.41) is 0. The third-order valence-electron chi connectivity index (χ3n) is 4.28. The van der Waals surface area contributed by atoms with Crippen LogP contribution in [0.25, 0.3) is 0 Å². The first kappa shape index (κ1) is 20.0. The first-order chi connectivity index (χ1) is 10.0. The van der Waals surface area contributed by atoms with Gasteiger partial charge in [-0.25, -0.2) is 0 Å². The molecule has 130 valence electrons. The smallest absolute Gasteiger partial charge is 0.191 e. The van der Waals surface area contributed by atoms with Crippen molar-refractivity contribution in [2.45, 2.75) is 39.7 Å². The van der Waals surface area contributed by atoms with Gasteiger partial charge in [-0.1, -0.05) is 20.8 Å². The summed E-state index contributed by atoms with van der Waals surface area (Å²) in [6.07, 6.45) is 2.72. The Morgan fingerprint density at radius 1 is 1.32 bits per heavy atom.